The van der Waals surface area contributed by atoms with Crippen molar-refractivity contribution in [1.29, 1.82) is 0 Å². The Morgan fingerprint density at radius 1 is 0.743 bits per heavy atom. The molecule has 5 nitrogen and oxygen atoms in total. The summed E-state index contributed by atoms with van der Waals surface area (Å²) in [6.45, 7) is 2.42. The van der Waals surface area contributed by atoms with Crippen molar-refractivity contribution in [2.45, 2.75) is 19.3 Å². The normalized spacial score (nSPS) is 13.1. The number of benzene rings is 4. The van der Waals surface area contributed by atoms with Gasteiger partial charge in [0.25, 0.3) is 11.8 Å². The summed E-state index contributed by atoms with van der Waals surface area (Å²) in [5, 5.41) is 8.00. The van der Waals surface area contributed by atoms with Crippen molar-refractivity contribution >= 4 is 34.0 Å². The van der Waals surface area contributed by atoms with Crippen LogP contribution in [0.3, 0.4) is 0 Å². The van der Waals surface area contributed by atoms with Crippen molar-refractivity contribution < 1.29 is 9.59 Å². The minimum atomic E-state index is -0.189. The minimum absolute atomic E-state index is 0.121. The fourth-order valence-electron chi connectivity index (χ4n) is 4.71. The maximum Gasteiger partial charge on any atom is 0.256 e. The van der Waals surface area contributed by atoms with Crippen LogP contribution < -0.4 is 15.5 Å². The lowest BCUT2D eigenvalue weighted by molar-refractivity contribution is 0.0953. The summed E-state index contributed by atoms with van der Waals surface area (Å²) in [6.07, 6.45) is 3.01. The first-order chi connectivity index (χ1) is 17.2. The number of carbonyl (C=O) groups is 2. The van der Waals surface area contributed by atoms with E-state index in [2.05, 4.69) is 27.7 Å². The molecule has 1 heterocycles. The first-order valence-electron chi connectivity index (χ1n) is 12.2. The molecule has 4 aromatic carbocycles. The van der Waals surface area contributed by atoms with Gasteiger partial charge in [0.05, 0.1) is 5.56 Å². The van der Waals surface area contributed by atoms with E-state index in [4.69, 9.17) is 0 Å². The van der Waals surface area contributed by atoms with E-state index in [1.807, 2.05) is 72.8 Å². The fourth-order valence-corrected chi connectivity index (χ4v) is 4.71. The molecule has 0 saturated carbocycles. The molecule has 0 atom stereocenters. The molecule has 0 aromatic heterocycles. The molecule has 2 N–H and O–H groups in total. The molecule has 5 heteroatoms. The summed E-state index contributed by atoms with van der Waals surface area (Å²) in [5.41, 5.74) is 3.92. The van der Waals surface area contributed by atoms with Gasteiger partial charge in [-0.2, -0.15) is 0 Å². The Labute approximate surface area is 205 Å². The number of fused-ring (bicyclic) bond motifs is 1. The Bertz CT molecular complexity index is 1340. The smallest absolute Gasteiger partial charge is 0.256 e. The SMILES string of the molecule is O=C(NCCc1ccccc1)c1cc(NC(=O)c2cccc3ccccc23)ccc1N1CCCC1. The van der Waals surface area contributed by atoms with Gasteiger partial charge in [0, 0.05) is 36.6 Å². The zero-order chi connectivity index (χ0) is 24.0. The predicted octanol–water partition coefficient (Wildman–Crippen LogP) is 5.66. The van der Waals surface area contributed by atoms with Gasteiger partial charge in [-0.3, -0.25) is 9.59 Å². The topological polar surface area (TPSA) is 61.4 Å². The van der Waals surface area contributed by atoms with Crippen LogP contribution in [0.1, 0.15) is 39.1 Å². The molecule has 0 unspecified atom stereocenters. The lowest BCUT2D eigenvalue weighted by Gasteiger charge is -2.22. The second-order valence-electron chi connectivity index (χ2n) is 8.90. The highest BCUT2D eigenvalue weighted by atomic mass is 16.2. The van der Waals surface area contributed by atoms with Crippen molar-refractivity contribution in [3.8, 4) is 0 Å². The highest BCUT2D eigenvalue weighted by Crippen LogP contribution is 2.28. The number of nitrogens with one attached hydrogen (secondary N) is 2. The summed E-state index contributed by atoms with van der Waals surface area (Å²) in [5.74, 6) is -0.310. The summed E-state index contributed by atoms with van der Waals surface area (Å²) in [6, 6.07) is 29.3. The van der Waals surface area contributed by atoms with E-state index in [1.165, 1.54) is 5.56 Å². The number of amides is 2. The van der Waals surface area contributed by atoms with Crippen molar-refractivity contribution in [3.05, 3.63) is 108 Å². The first kappa shape index (κ1) is 22.7. The van der Waals surface area contributed by atoms with Crippen molar-refractivity contribution in [2.75, 3.05) is 29.9 Å². The zero-order valence-electron chi connectivity index (χ0n) is 19.7. The molecule has 176 valence electrons. The minimum Gasteiger partial charge on any atom is -0.371 e. The lowest BCUT2D eigenvalue weighted by atomic mass is 10.0. The van der Waals surface area contributed by atoms with E-state index in [9.17, 15) is 9.59 Å². The number of nitrogens with zero attached hydrogens (tertiary/aromatic N) is 1. The van der Waals surface area contributed by atoms with E-state index < -0.39 is 0 Å². The van der Waals surface area contributed by atoms with Crippen molar-refractivity contribution in [3.63, 3.8) is 0 Å². The average molecular weight is 464 g/mol. The highest BCUT2D eigenvalue weighted by Gasteiger charge is 2.21. The summed E-state index contributed by atoms with van der Waals surface area (Å²) < 4.78 is 0. The van der Waals surface area contributed by atoms with Crippen LogP contribution in [0, 0.1) is 0 Å². The third kappa shape index (κ3) is 5.19. The van der Waals surface area contributed by atoms with E-state index in [1.54, 1.807) is 6.07 Å². The number of carbonyl (C=O) groups excluding carboxylic acids is 2. The largest absolute Gasteiger partial charge is 0.371 e. The maximum atomic E-state index is 13.2. The fraction of sp³-hybridized carbons (Fsp3) is 0.200. The van der Waals surface area contributed by atoms with Crippen LogP contribution in [-0.2, 0) is 6.42 Å². The van der Waals surface area contributed by atoms with Crippen molar-refractivity contribution in [1.82, 2.24) is 5.32 Å². The van der Waals surface area contributed by atoms with Gasteiger partial charge in [0.15, 0.2) is 0 Å². The third-order valence-corrected chi connectivity index (χ3v) is 6.52. The van der Waals surface area contributed by atoms with Crippen LogP contribution in [0.25, 0.3) is 10.8 Å². The Morgan fingerprint density at radius 2 is 1.49 bits per heavy atom. The van der Waals surface area contributed by atoms with Gasteiger partial charge in [0.2, 0.25) is 0 Å². The monoisotopic (exact) mass is 463 g/mol. The standard InChI is InChI=1S/C30H29N3O2/c34-29(31-18-17-22-9-2-1-3-10-22)27-21-24(15-16-28(27)33-19-6-7-20-33)32-30(35)26-14-8-12-23-11-4-5-13-25(23)26/h1-5,8-16,21H,6-7,17-20H2,(H,31,34)(H,32,35). The highest BCUT2D eigenvalue weighted by molar-refractivity contribution is 6.13. The Balaban J connectivity index is 1.37. The van der Waals surface area contributed by atoms with Crippen LogP contribution in [0.5, 0.6) is 0 Å². The molecule has 2 amide bonds. The molecule has 4 aromatic rings. The Hall–Kier alpha value is -4.12. The zero-order valence-corrected chi connectivity index (χ0v) is 19.7. The van der Waals surface area contributed by atoms with Crippen LogP contribution in [0.2, 0.25) is 0 Å². The van der Waals surface area contributed by atoms with Gasteiger partial charge in [-0.15, -0.1) is 0 Å². The number of hydrogen-bond donors (Lipinski definition) is 2. The molecule has 35 heavy (non-hydrogen) atoms. The molecule has 1 aliphatic rings. The van der Waals surface area contributed by atoms with Crippen LogP contribution >= 0.6 is 0 Å². The van der Waals surface area contributed by atoms with Crippen molar-refractivity contribution in [2.24, 2.45) is 0 Å². The van der Waals surface area contributed by atoms with Gasteiger partial charge in [-0.05, 0) is 59.9 Å². The molecular weight excluding hydrogens is 434 g/mol. The van der Waals surface area contributed by atoms with Crippen LogP contribution in [0.4, 0.5) is 11.4 Å². The van der Waals surface area contributed by atoms with Crippen LogP contribution in [0.15, 0.2) is 91.0 Å². The van der Waals surface area contributed by atoms with E-state index in [0.29, 0.717) is 23.4 Å². The van der Waals surface area contributed by atoms with Gasteiger partial charge in [-0.1, -0.05) is 66.7 Å². The van der Waals surface area contributed by atoms with E-state index in [0.717, 1.165) is 48.8 Å². The maximum absolute atomic E-state index is 13.2. The number of anilines is 2. The molecule has 5 rings (SSSR count). The Kier molecular flexibility index (Phi) is 6.75. The molecule has 1 fully saturated rings. The number of hydrogen-bond acceptors (Lipinski definition) is 3. The average Bonchev–Trinajstić information content (AvgIpc) is 3.44. The summed E-state index contributed by atoms with van der Waals surface area (Å²) in [4.78, 5) is 28.7. The quantitative estimate of drug-likeness (QED) is 0.372. The van der Waals surface area contributed by atoms with Crippen LogP contribution in [-0.4, -0.2) is 31.4 Å². The molecule has 1 aliphatic heterocycles. The Morgan fingerprint density at radius 3 is 2.31 bits per heavy atom. The molecule has 0 aliphatic carbocycles. The predicted molar refractivity (Wildman–Crippen MR) is 142 cm³/mol. The molecule has 0 spiro atoms. The van der Waals surface area contributed by atoms with Gasteiger partial charge in [0.1, 0.15) is 0 Å². The third-order valence-electron chi connectivity index (χ3n) is 6.52. The molecule has 1 saturated heterocycles. The first-order valence-corrected chi connectivity index (χ1v) is 12.2. The summed E-state index contributed by atoms with van der Waals surface area (Å²) in [7, 11) is 0. The van der Waals surface area contributed by atoms with E-state index in [-0.39, 0.29) is 11.8 Å². The van der Waals surface area contributed by atoms with Gasteiger partial charge < -0.3 is 15.5 Å². The molecule has 0 radical (unpaired) electrons. The number of rotatable bonds is 7. The lowest BCUT2D eigenvalue weighted by Crippen LogP contribution is -2.29. The summed E-state index contributed by atoms with van der Waals surface area (Å²) >= 11 is 0. The second kappa shape index (κ2) is 10.4. The second-order valence-corrected chi connectivity index (χ2v) is 8.90. The van der Waals surface area contributed by atoms with Gasteiger partial charge >= 0.3 is 0 Å². The van der Waals surface area contributed by atoms with Gasteiger partial charge in [-0.25, -0.2) is 0 Å². The molecular formula is C30H29N3O2. The molecule has 0 bridgehead atoms. The van der Waals surface area contributed by atoms with E-state index >= 15 is 0 Å².